The molecule has 0 aromatic heterocycles. The molecule has 1 atom stereocenters. The van der Waals surface area contributed by atoms with Crippen LogP contribution in [0.15, 0.2) is 24.3 Å². The van der Waals surface area contributed by atoms with E-state index in [1.807, 2.05) is 13.8 Å². The van der Waals surface area contributed by atoms with Gasteiger partial charge in [-0.25, -0.2) is 4.79 Å². The number of aromatic hydroxyl groups is 1. The number of aliphatic hydroxyl groups excluding tert-OH is 2. The van der Waals surface area contributed by atoms with Crippen LogP contribution in [0.1, 0.15) is 38.4 Å². The van der Waals surface area contributed by atoms with Crippen LogP contribution >= 0.6 is 0 Å². The maximum atomic E-state index is 11.6. The summed E-state index contributed by atoms with van der Waals surface area (Å²) in [5.74, 6) is 0.0764. The fourth-order valence-electron chi connectivity index (χ4n) is 1.95. The number of phenolic OH excluding ortho intramolecular Hbond substituents is 1. The Morgan fingerprint density at radius 2 is 2.05 bits per heavy atom. The van der Waals surface area contributed by atoms with Crippen LogP contribution in [-0.2, 0) is 0 Å². The Bertz CT molecular complexity index is 477. The Morgan fingerprint density at radius 1 is 1.32 bits per heavy atom. The molecule has 2 amide bonds. The van der Waals surface area contributed by atoms with E-state index in [2.05, 4.69) is 10.6 Å². The first-order valence-corrected chi connectivity index (χ1v) is 7.43. The third-order valence-electron chi connectivity index (χ3n) is 3.45. The molecule has 0 aliphatic carbocycles. The zero-order valence-electron chi connectivity index (χ0n) is 13.2. The van der Waals surface area contributed by atoms with Crippen molar-refractivity contribution >= 4 is 6.03 Å². The second-order valence-electron chi connectivity index (χ2n) is 6.17. The minimum atomic E-state index is -0.869. The predicted molar refractivity (Wildman–Crippen MR) is 84.6 cm³/mol. The van der Waals surface area contributed by atoms with E-state index in [-0.39, 0.29) is 30.3 Å². The van der Waals surface area contributed by atoms with Crippen molar-refractivity contribution in [2.45, 2.75) is 32.8 Å². The SMILES string of the molecule is CC(C)(CO)CCCNC(=O)NCC(O)c1cccc(O)c1. The minimum absolute atomic E-state index is 0.0669. The Labute approximate surface area is 131 Å². The van der Waals surface area contributed by atoms with E-state index < -0.39 is 6.10 Å². The summed E-state index contributed by atoms with van der Waals surface area (Å²) < 4.78 is 0. The third kappa shape index (κ3) is 6.78. The van der Waals surface area contributed by atoms with Gasteiger partial charge in [-0.1, -0.05) is 26.0 Å². The number of urea groups is 1. The van der Waals surface area contributed by atoms with Crippen LogP contribution in [0, 0.1) is 5.41 Å². The van der Waals surface area contributed by atoms with Crippen molar-refractivity contribution in [3.63, 3.8) is 0 Å². The van der Waals surface area contributed by atoms with Gasteiger partial charge in [0.2, 0.25) is 0 Å². The molecule has 0 spiro atoms. The molecule has 1 aromatic carbocycles. The second kappa shape index (κ2) is 8.60. The van der Waals surface area contributed by atoms with Gasteiger partial charge in [-0.3, -0.25) is 0 Å². The molecule has 0 bridgehead atoms. The third-order valence-corrected chi connectivity index (χ3v) is 3.45. The molecule has 22 heavy (non-hydrogen) atoms. The number of phenols is 1. The van der Waals surface area contributed by atoms with Crippen LogP contribution in [0.2, 0.25) is 0 Å². The number of aliphatic hydroxyl groups is 2. The van der Waals surface area contributed by atoms with Gasteiger partial charge in [0.15, 0.2) is 0 Å². The number of hydrogen-bond donors (Lipinski definition) is 5. The zero-order valence-corrected chi connectivity index (χ0v) is 13.2. The molecule has 0 saturated heterocycles. The van der Waals surface area contributed by atoms with E-state index in [0.717, 1.165) is 12.8 Å². The largest absolute Gasteiger partial charge is 0.508 e. The standard InChI is InChI=1S/C16H26N2O4/c1-16(2,11-19)7-4-8-17-15(22)18-10-14(21)12-5-3-6-13(20)9-12/h3,5-6,9,14,19-21H,4,7-8,10-11H2,1-2H3,(H2,17,18,22). The summed E-state index contributed by atoms with van der Waals surface area (Å²) in [5.41, 5.74) is 0.411. The normalized spacial score (nSPS) is 12.7. The smallest absolute Gasteiger partial charge is 0.314 e. The summed E-state index contributed by atoms with van der Waals surface area (Å²) in [6, 6.07) is 5.95. The van der Waals surface area contributed by atoms with Gasteiger partial charge in [-0.2, -0.15) is 0 Å². The molecule has 0 radical (unpaired) electrons. The molecule has 5 N–H and O–H groups in total. The Hall–Kier alpha value is -1.79. The summed E-state index contributed by atoms with van der Waals surface area (Å²) in [4.78, 5) is 11.6. The Morgan fingerprint density at radius 3 is 2.68 bits per heavy atom. The minimum Gasteiger partial charge on any atom is -0.508 e. The summed E-state index contributed by atoms with van der Waals surface area (Å²) in [7, 11) is 0. The highest BCUT2D eigenvalue weighted by atomic mass is 16.3. The van der Waals surface area contributed by atoms with Crippen LogP contribution in [0.3, 0.4) is 0 Å². The van der Waals surface area contributed by atoms with Gasteiger partial charge in [-0.15, -0.1) is 0 Å². The molecule has 0 fully saturated rings. The summed E-state index contributed by atoms with van der Waals surface area (Å²) >= 11 is 0. The first-order valence-electron chi connectivity index (χ1n) is 7.43. The molecule has 0 saturated carbocycles. The Balaban J connectivity index is 2.23. The lowest BCUT2D eigenvalue weighted by atomic mass is 9.89. The van der Waals surface area contributed by atoms with E-state index in [1.165, 1.54) is 12.1 Å². The summed E-state index contributed by atoms with van der Waals surface area (Å²) in [5, 5.41) is 33.7. The number of hydrogen-bond acceptors (Lipinski definition) is 4. The molecule has 6 heteroatoms. The van der Waals surface area contributed by atoms with E-state index in [1.54, 1.807) is 12.1 Å². The number of nitrogens with one attached hydrogen (secondary N) is 2. The van der Waals surface area contributed by atoms with Gasteiger partial charge in [0.05, 0.1) is 6.10 Å². The highest BCUT2D eigenvalue weighted by Crippen LogP contribution is 2.20. The first-order chi connectivity index (χ1) is 10.3. The fraction of sp³-hybridized carbons (Fsp3) is 0.562. The van der Waals surface area contributed by atoms with Crippen LogP contribution in [0.25, 0.3) is 0 Å². The van der Waals surface area contributed by atoms with Gasteiger partial charge in [-0.05, 0) is 36.0 Å². The molecule has 124 valence electrons. The lowest BCUT2D eigenvalue weighted by molar-refractivity contribution is 0.147. The molecule has 6 nitrogen and oxygen atoms in total. The van der Waals surface area contributed by atoms with E-state index in [9.17, 15) is 15.0 Å². The van der Waals surface area contributed by atoms with Crippen LogP contribution in [0.4, 0.5) is 4.79 Å². The van der Waals surface area contributed by atoms with Crippen molar-refractivity contribution in [1.29, 1.82) is 0 Å². The lowest BCUT2D eigenvalue weighted by Gasteiger charge is -2.21. The van der Waals surface area contributed by atoms with Crippen molar-refractivity contribution in [3.8, 4) is 5.75 Å². The Kier molecular flexibility index (Phi) is 7.14. The number of benzene rings is 1. The van der Waals surface area contributed by atoms with Gasteiger partial charge >= 0.3 is 6.03 Å². The predicted octanol–water partition coefficient (Wildman–Crippen LogP) is 1.52. The topological polar surface area (TPSA) is 102 Å². The maximum absolute atomic E-state index is 11.6. The number of amides is 2. The van der Waals surface area contributed by atoms with Crippen LogP contribution in [0.5, 0.6) is 5.75 Å². The highest BCUT2D eigenvalue weighted by Gasteiger charge is 2.15. The first kappa shape index (κ1) is 18.3. The molecule has 0 aliphatic rings. The van der Waals surface area contributed by atoms with E-state index in [4.69, 9.17) is 5.11 Å². The molecule has 1 rings (SSSR count). The molecule has 1 aromatic rings. The molecule has 1 unspecified atom stereocenters. The monoisotopic (exact) mass is 310 g/mol. The van der Waals surface area contributed by atoms with Gasteiger partial charge < -0.3 is 26.0 Å². The second-order valence-corrected chi connectivity index (χ2v) is 6.17. The molecule has 0 heterocycles. The summed E-state index contributed by atoms with van der Waals surface area (Å²) in [6.07, 6.45) is 0.720. The molecular weight excluding hydrogens is 284 g/mol. The lowest BCUT2D eigenvalue weighted by Crippen LogP contribution is -2.38. The van der Waals surface area contributed by atoms with Crippen molar-refractivity contribution < 1.29 is 20.1 Å². The van der Waals surface area contributed by atoms with Gasteiger partial charge in [0.25, 0.3) is 0 Å². The van der Waals surface area contributed by atoms with Crippen LogP contribution < -0.4 is 10.6 Å². The van der Waals surface area contributed by atoms with Crippen molar-refractivity contribution in [3.05, 3.63) is 29.8 Å². The van der Waals surface area contributed by atoms with E-state index in [0.29, 0.717) is 12.1 Å². The van der Waals surface area contributed by atoms with Gasteiger partial charge in [0.1, 0.15) is 5.75 Å². The van der Waals surface area contributed by atoms with Crippen LogP contribution in [-0.4, -0.2) is 41.0 Å². The average molecular weight is 310 g/mol. The van der Waals surface area contributed by atoms with E-state index >= 15 is 0 Å². The maximum Gasteiger partial charge on any atom is 0.314 e. The van der Waals surface area contributed by atoms with Crippen molar-refractivity contribution in [2.75, 3.05) is 19.7 Å². The number of carbonyl (C=O) groups excluding carboxylic acids is 1. The quantitative estimate of drug-likeness (QED) is 0.470. The molecule has 0 aliphatic heterocycles. The number of rotatable bonds is 8. The number of carbonyl (C=O) groups is 1. The molecular formula is C16H26N2O4. The fourth-order valence-corrected chi connectivity index (χ4v) is 1.95. The zero-order chi connectivity index (χ0) is 16.6. The van der Waals surface area contributed by atoms with Crippen molar-refractivity contribution in [1.82, 2.24) is 10.6 Å². The van der Waals surface area contributed by atoms with Gasteiger partial charge in [0, 0.05) is 19.7 Å². The highest BCUT2D eigenvalue weighted by molar-refractivity contribution is 5.73. The summed E-state index contributed by atoms with van der Waals surface area (Å²) in [6.45, 7) is 4.64. The average Bonchev–Trinajstić information content (AvgIpc) is 2.49. The van der Waals surface area contributed by atoms with Crippen molar-refractivity contribution in [2.24, 2.45) is 5.41 Å².